The van der Waals surface area contributed by atoms with Crippen molar-refractivity contribution in [1.29, 1.82) is 0 Å². The van der Waals surface area contributed by atoms with E-state index in [1.807, 2.05) is 30.5 Å². The first kappa shape index (κ1) is 24.0. The average molecular weight is 495 g/mol. The number of hydrogen-bond donors (Lipinski definition) is 1. The lowest BCUT2D eigenvalue weighted by molar-refractivity contribution is -0.384. The lowest BCUT2D eigenvalue weighted by Gasteiger charge is -2.18. The Balaban J connectivity index is 1.32. The fourth-order valence-corrected chi connectivity index (χ4v) is 4.37. The van der Waals surface area contributed by atoms with Gasteiger partial charge in [-0.3, -0.25) is 19.7 Å². The van der Waals surface area contributed by atoms with Crippen molar-refractivity contribution in [3.8, 4) is 11.3 Å². The normalized spacial score (nSPS) is 13.1. The Morgan fingerprint density at radius 1 is 1.26 bits per heavy atom. The zero-order valence-electron chi connectivity index (χ0n) is 19.0. The van der Waals surface area contributed by atoms with Crippen molar-refractivity contribution in [1.82, 2.24) is 10.3 Å². The van der Waals surface area contributed by atoms with Crippen LogP contribution in [-0.4, -0.2) is 46.9 Å². The molecule has 0 bridgehead atoms. The lowest BCUT2D eigenvalue weighted by Crippen LogP contribution is -2.41. The molecule has 0 aliphatic carbocycles. The van der Waals surface area contributed by atoms with Crippen molar-refractivity contribution >= 4 is 40.5 Å². The number of carbonyl (C=O) groups excluding carboxylic acids is 3. The Labute approximate surface area is 204 Å². The highest BCUT2D eigenvalue weighted by molar-refractivity contribution is 7.09. The van der Waals surface area contributed by atoms with Crippen molar-refractivity contribution < 1.29 is 24.0 Å². The standard InChI is InChI=1S/C24H22N4O6S/c1-14(25-23(30)18-4-3-5-19(11-18)28(32)33)24(31)34-12-22(29)27-9-8-17-10-16(6-7-21(17)27)20-13-35-15(2)26-20/h3-7,10-11,13-14H,8-9,12H2,1-2H3,(H,25,30)/t14-/m0/s1. The van der Waals surface area contributed by atoms with Crippen LogP contribution in [0.1, 0.15) is 27.9 Å². The first-order valence-corrected chi connectivity index (χ1v) is 11.7. The van der Waals surface area contributed by atoms with Crippen LogP contribution in [-0.2, 0) is 20.7 Å². The molecule has 0 fully saturated rings. The highest BCUT2D eigenvalue weighted by Gasteiger charge is 2.27. The summed E-state index contributed by atoms with van der Waals surface area (Å²) in [5.41, 5.74) is 3.48. The lowest BCUT2D eigenvalue weighted by atomic mass is 10.1. The molecule has 2 aromatic carbocycles. The molecule has 1 atom stereocenters. The molecule has 11 heteroatoms. The number of aromatic nitrogens is 1. The second kappa shape index (κ2) is 10.0. The number of carbonyl (C=O) groups is 3. The SMILES string of the molecule is Cc1nc(-c2ccc3c(c2)CCN3C(=O)COC(=O)[C@H](C)NC(=O)c2cccc([N+](=O)[O-])c2)cs1. The number of benzene rings is 2. The van der Waals surface area contributed by atoms with Gasteiger partial charge in [-0.1, -0.05) is 12.1 Å². The van der Waals surface area contributed by atoms with Crippen LogP contribution < -0.4 is 10.2 Å². The maximum atomic E-state index is 12.7. The molecule has 4 rings (SSSR count). The minimum Gasteiger partial charge on any atom is -0.454 e. The summed E-state index contributed by atoms with van der Waals surface area (Å²) in [6, 6.07) is 9.91. The maximum absolute atomic E-state index is 12.7. The van der Waals surface area contributed by atoms with E-state index in [0.29, 0.717) is 13.0 Å². The van der Waals surface area contributed by atoms with Crippen molar-refractivity contribution in [3.63, 3.8) is 0 Å². The van der Waals surface area contributed by atoms with Crippen molar-refractivity contribution in [2.75, 3.05) is 18.1 Å². The number of nitrogens with one attached hydrogen (secondary N) is 1. The summed E-state index contributed by atoms with van der Waals surface area (Å²) in [7, 11) is 0. The van der Waals surface area contributed by atoms with Crippen molar-refractivity contribution in [2.45, 2.75) is 26.3 Å². The molecular weight excluding hydrogens is 472 g/mol. The van der Waals surface area contributed by atoms with Gasteiger partial charge in [-0.25, -0.2) is 9.78 Å². The molecule has 1 N–H and O–H groups in total. The number of nitro groups is 1. The summed E-state index contributed by atoms with van der Waals surface area (Å²) < 4.78 is 5.13. The van der Waals surface area contributed by atoms with Crippen LogP contribution in [0.3, 0.4) is 0 Å². The molecule has 1 aliphatic rings. The third-order valence-electron chi connectivity index (χ3n) is 5.55. The largest absolute Gasteiger partial charge is 0.454 e. The number of thiazole rings is 1. The Morgan fingerprint density at radius 2 is 2.06 bits per heavy atom. The summed E-state index contributed by atoms with van der Waals surface area (Å²) >= 11 is 1.58. The molecule has 1 aromatic heterocycles. The van der Waals surface area contributed by atoms with E-state index < -0.39 is 29.4 Å². The quantitative estimate of drug-likeness (QED) is 0.303. The number of esters is 1. The van der Waals surface area contributed by atoms with Crippen LogP contribution >= 0.6 is 11.3 Å². The fraction of sp³-hybridized carbons (Fsp3) is 0.250. The number of anilines is 1. The van der Waals surface area contributed by atoms with Gasteiger partial charge >= 0.3 is 5.97 Å². The van der Waals surface area contributed by atoms with E-state index in [1.54, 1.807) is 16.2 Å². The summed E-state index contributed by atoms with van der Waals surface area (Å²) in [5, 5.41) is 16.3. The zero-order chi connectivity index (χ0) is 25.1. The topological polar surface area (TPSA) is 132 Å². The molecule has 2 amide bonds. The van der Waals surface area contributed by atoms with Crippen LogP contribution in [0.5, 0.6) is 0 Å². The van der Waals surface area contributed by atoms with Crippen LogP contribution in [0, 0.1) is 17.0 Å². The molecule has 0 unspecified atom stereocenters. The summed E-state index contributed by atoms with van der Waals surface area (Å²) in [6.07, 6.45) is 0.682. The Hall–Kier alpha value is -4.12. The number of aryl methyl sites for hydroxylation is 1. The van der Waals surface area contributed by atoms with E-state index in [2.05, 4.69) is 10.3 Å². The van der Waals surface area contributed by atoms with Crippen LogP contribution in [0.25, 0.3) is 11.3 Å². The molecule has 0 saturated heterocycles. The predicted octanol–water partition coefficient (Wildman–Crippen LogP) is 3.28. The first-order valence-electron chi connectivity index (χ1n) is 10.8. The molecule has 2 heterocycles. The van der Waals surface area contributed by atoms with Crippen LogP contribution in [0.2, 0.25) is 0 Å². The van der Waals surface area contributed by atoms with Crippen LogP contribution in [0.15, 0.2) is 47.8 Å². The molecule has 0 saturated carbocycles. The smallest absolute Gasteiger partial charge is 0.328 e. The minimum absolute atomic E-state index is 0.0378. The molecule has 0 spiro atoms. The van der Waals surface area contributed by atoms with E-state index >= 15 is 0 Å². The number of rotatable bonds is 7. The Kier molecular flexibility index (Phi) is 6.87. The zero-order valence-corrected chi connectivity index (χ0v) is 19.8. The van der Waals surface area contributed by atoms with Gasteiger partial charge in [-0.2, -0.15) is 0 Å². The highest BCUT2D eigenvalue weighted by Crippen LogP contribution is 2.32. The molecule has 1 aliphatic heterocycles. The van der Waals surface area contributed by atoms with E-state index in [1.165, 1.54) is 25.1 Å². The summed E-state index contributed by atoms with van der Waals surface area (Å²) in [4.78, 5) is 53.7. The maximum Gasteiger partial charge on any atom is 0.328 e. The van der Waals surface area contributed by atoms with Gasteiger partial charge in [0.15, 0.2) is 6.61 Å². The third kappa shape index (κ3) is 5.35. The molecule has 3 aromatic rings. The fourth-order valence-electron chi connectivity index (χ4n) is 3.75. The molecule has 10 nitrogen and oxygen atoms in total. The third-order valence-corrected chi connectivity index (χ3v) is 6.32. The van der Waals surface area contributed by atoms with Gasteiger partial charge in [0, 0.05) is 40.9 Å². The number of hydrogen-bond acceptors (Lipinski definition) is 8. The van der Waals surface area contributed by atoms with Gasteiger partial charge in [0.05, 0.1) is 15.6 Å². The first-order chi connectivity index (χ1) is 16.7. The highest BCUT2D eigenvalue weighted by atomic mass is 32.1. The van der Waals surface area contributed by atoms with E-state index in [4.69, 9.17) is 4.74 Å². The Morgan fingerprint density at radius 3 is 2.77 bits per heavy atom. The number of amides is 2. The van der Waals surface area contributed by atoms with E-state index in [-0.39, 0.29) is 17.2 Å². The predicted molar refractivity (Wildman–Crippen MR) is 129 cm³/mol. The average Bonchev–Trinajstić information content (AvgIpc) is 3.48. The summed E-state index contributed by atoms with van der Waals surface area (Å²) in [5.74, 6) is -1.82. The number of nitrogens with zero attached hydrogens (tertiary/aromatic N) is 3. The number of non-ortho nitro benzene ring substituents is 1. The van der Waals surface area contributed by atoms with Crippen molar-refractivity contribution in [3.05, 3.63) is 74.1 Å². The molecular formula is C24H22N4O6S. The van der Waals surface area contributed by atoms with Gasteiger partial charge in [-0.05, 0) is 44.0 Å². The molecule has 35 heavy (non-hydrogen) atoms. The van der Waals surface area contributed by atoms with E-state index in [0.717, 1.165) is 33.6 Å². The number of fused-ring (bicyclic) bond motifs is 1. The van der Waals surface area contributed by atoms with Gasteiger partial charge < -0.3 is 15.0 Å². The van der Waals surface area contributed by atoms with Gasteiger partial charge in [-0.15, -0.1) is 11.3 Å². The number of ether oxygens (including phenoxy) is 1. The van der Waals surface area contributed by atoms with E-state index in [9.17, 15) is 24.5 Å². The molecule has 0 radical (unpaired) electrons. The van der Waals surface area contributed by atoms with Gasteiger partial charge in [0.2, 0.25) is 0 Å². The summed E-state index contributed by atoms with van der Waals surface area (Å²) in [6.45, 7) is 3.37. The van der Waals surface area contributed by atoms with Gasteiger partial charge in [0.25, 0.3) is 17.5 Å². The Bertz CT molecular complexity index is 1320. The second-order valence-corrected chi connectivity index (χ2v) is 9.06. The molecule has 180 valence electrons. The second-order valence-electron chi connectivity index (χ2n) is 8.00. The minimum atomic E-state index is -1.05. The van der Waals surface area contributed by atoms with Crippen LogP contribution in [0.4, 0.5) is 11.4 Å². The monoisotopic (exact) mass is 494 g/mol. The van der Waals surface area contributed by atoms with Gasteiger partial charge in [0.1, 0.15) is 6.04 Å². The van der Waals surface area contributed by atoms with Crippen molar-refractivity contribution in [2.24, 2.45) is 0 Å². The number of nitro benzene ring substituents is 1.